The number of aromatic nitrogens is 1. The number of guanidine groups is 1. The molecule has 29 heavy (non-hydrogen) atoms. The Morgan fingerprint density at radius 1 is 1.17 bits per heavy atom. The minimum absolute atomic E-state index is 0.0993. The van der Waals surface area contributed by atoms with E-state index in [9.17, 15) is 18.0 Å². The van der Waals surface area contributed by atoms with Crippen molar-refractivity contribution in [2.45, 2.75) is 45.5 Å². The molecule has 0 aliphatic heterocycles. The summed E-state index contributed by atoms with van der Waals surface area (Å²) in [5.41, 5.74) is 0.144. The summed E-state index contributed by atoms with van der Waals surface area (Å²) in [6, 6.07) is 3.09. The average molecular weight is 419 g/mol. The van der Waals surface area contributed by atoms with Crippen molar-refractivity contribution in [3.05, 3.63) is 23.9 Å². The number of nitrogens with zero attached hydrogens (tertiary/aromatic N) is 2. The summed E-state index contributed by atoms with van der Waals surface area (Å²) in [6.07, 6.45) is -2.87. The van der Waals surface area contributed by atoms with Crippen LogP contribution in [0.4, 0.5) is 18.0 Å². The van der Waals surface area contributed by atoms with Gasteiger partial charge < -0.3 is 25.4 Å². The number of aliphatic imine (C=N–C) groups is 1. The molecular formula is C18H28F3N5O3. The summed E-state index contributed by atoms with van der Waals surface area (Å²) in [5, 5.41) is 8.76. The predicted octanol–water partition coefficient (Wildman–Crippen LogP) is 2.60. The second-order valence-corrected chi connectivity index (χ2v) is 7.04. The zero-order valence-electron chi connectivity index (χ0n) is 17.0. The van der Waals surface area contributed by atoms with Gasteiger partial charge in [-0.3, -0.25) is 4.99 Å². The molecule has 0 atom stereocenters. The van der Waals surface area contributed by atoms with Crippen LogP contribution >= 0.6 is 0 Å². The van der Waals surface area contributed by atoms with Crippen molar-refractivity contribution in [2.24, 2.45) is 4.99 Å². The van der Waals surface area contributed by atoms with Crippen molar-refractivity contribution in [3.8, 4) is 5.88 Å². The predicted molar refractivity (Wildman–Crippen MR) is 103 cm³/mol. The van der Waals surface area contributed by atoms with Crippen LogP contribution in [-0.4, -0.2) is 55.6 Å². The molecule has 0 saturated carbocycles. The van der Waals surface area contributed by atoms with Crippen LogP contribution in [0, 0.1) is 0 Å². The lowest BCUT2D eigenvalue weighted by molar-refractivity contribution is -0.154. The Kier molecular flexibility index (Phi) is 9.49. The van der Waals surface area contributed by atoms with Gasteiger partial charge in [-0.25, -0.2) is 9.78 Å². The van der Waals surface area contributed by atoms with Crippen LogP contribution in [-0.2, 0) is 11.3 Å². The molecule has 3 N–H and O–H groups in total. The van der Waals surface area contributed by atoms with Gasteiger partial charge in [-0.2, -0.15) is 13.2 Å². The maximum atomic E-state index is 12.2. The summed E-state index contributed by atoms with van der Waals surface area (Å²) in [4.78, 5) is 19.4. The quantitative estimate of drug-likeness (QED) is 0.341. The highest BCUT2D eigenvalue weighted by Crippen LogP contribution is 2.17. The number of rotatable bonds is 8. The highest BCUT2D eigenvalue weighted by molar-refractivity contribution is 5.79. The monoisotopic (exact) mass is 419 g/mol. The van der Waals surface area contributed by atoms with Crippen LogP contribution in [0.25, 0.3) is 0 Å². The van der Waals surface area contributed by atoms with E-state index in [2.05, 4.69) is 30.7 Å². The van der Waals surface area contributed by atoms with Crippen molar-refractivity contribution in [3.63, 3.8) is 0 Å². The number of amides is 1. The number of nitrogens with one attached hydrogen (secondary N) is 3. The van der Waals surface area contributed by atoms with E-state index in [1.165, 1.54) is 12.3 Å². The van der Waals surface area contributed by atoms with Crippen molar-refractivity contribution in [2.75, 3.05) is 26.7 Å². The fourth-order valence-corrected chi connectivity index (χ4v) is 2.00. The van der Waals surface area contributed by atoms with E-state index in [-0.39, 0.29) is 5.88 Å². The highest BCUT2D eigenvalue weighted by atomic mass is 19.4. The van der Waals surface area contributed by atoms with Gasteiger partial charge in [0.25, 0.3) is 0 Å². The Bertz CT molecular complexity index is 675. The summed E-state index contributed by atoms with van der Waals surface area (Å²) in [7, 11) is 1.60. The largest absolute Gasteiger partial charge is 0.468 e. The first-order valence-corrected chi connectivity index (χ1v) is 9.04. The van der Waals surface area contributed by atoms with Gasteiger partial charge in [-0.15, -0.1) is 0 Å². The second kappa shape index (κ2) is 11.3. The third kappa shape index (κ3) is 12.4. The minimum atomic E-state index is -4.42. The van der Waals surface area contributed by atoms with Gasteiger partial charge in [0.1, 0.15) is 5.60 Å². The molecule has 1 aromatic heterocycles. The van der Waals surface area contributed by atoms with Gasteiger partial charge in [0.2, 0.25) is 5.88 Å². The first kappa shape index (κ1) is 24.3. The molecule has 0 spiro atoms. The molecule has 0 bridgehead atoms. The molecule has 8 nitrogen and oxygen atoms in total. The number of halogens is 3. The molecule has 0 saturated heterocycles. The molecule has 0 aliphatic carbocycles. The molecule has 0 fully saturated rings. The van der Waals surface area contributed by atoms with E-state index in [1.54, 1.807) is 33.9 Å². The van der Waals surface area contributed by atoms with E-state index < -0.39 is 24.5 Å². The zero-order chi connectivity index (χ0) is 21.9. The Hall–Kier alpha value is -2.72. The molecule has 0 radical (unpaired) electrons. The molecule has 164 valence electrons. The van der Waals surface area contributed by atoms with Crippen LogP contribution in [0.15, 0.2) is 23.3 Å². The Labute approximate surface area is 168 Å². The summed E-state index contributed by atoms with van der Waals surface area (Å²) in [5.74, 6) is 0.412. The van der Waals surface area contributed by atoms with Gasteiger partial charge in [0.05, 0.1) is 0 Å². The van der Waals surface area contributed by atoms with Crippen molar-refractivity contribution in [1.82, 2.24) is 20.9 Å². The second-order valence-electron chi connectivity index (χ2n) is 7.04. The normalized spacial score (nSPS) is 12.3. The molecular weight excluding hydrogens is 391 g/mol. The lowest BCUT2D eigenvalue weighted by Gasteiger charge is -2.19. The van der Waals surface area contributed by atoms with Crippen molar-refractivity contribution < 1.29 is 27.4 Å². The van der Waals surface area contributed by atoms with E-state index >= 15 is 0 Å². The van der Waals surface area contributed by atoms with E-state index in [0.717, 1.165) is 0 Å². The molecule has 11 heteroatoms. The fourth-order valence-electron chi connectivity index (χ4n) is 2.00. The van der Waals surface area contributed by atoms with Crippen LogP contribution < -0.4 is 20.7 Å². The summed E-state index contributed by atoms with van der Waals surface area (Å²) in [6.45, 7) is 5.28. The SMILES string of the molecule is CN=C(NCCCNC(=O)OC(C)(C)C)NCc1ccnc(OCC(F)(F)F)c1. The number of carbonyl (C=O) groups excluding carboxylic acids is 1. The molecule has 1 rings (SSSR count). The lowest BCUT2D eigenvalue weighted by Crippen LogP contribution is -2.39. The van der Waals surface area contributed by atoms with Gasteiger partial charge in [-0.05, 0) is 38.8 Å². The number of carbonyl (C=O) groups is 1. The number of hydrogen-bond donors (Lipinski definition) is 3. The molecule has 0 unspecified atom stereocenters. The maximum absolute atomic E-state index is 12.2. The third-order valence-electron chi connectivity index (χ3n) is 3.18. The van der Waals surface area contributed by atoms with E-state index in [1.807, 2.05) is 0 Å². The number of ether oxygens (including phenoxy) is 2. The van der Waals surface area contributed by atoms with Crippen molar-refractivity contribution in [1.29, 1.82) is 0 Å². The molecule has 1 heterocycles. The Morgan fingerprint density at radius 2 is 1.86 bits per heavy atom. The lowest BCUT2D eigenvalue weighted by atomic mass is 10.2. The molecule has 0 aromatic carbocycles. The summed E-state index contributed by atoms with van der Waals surface area (Å²) >= 11 is 0. The van der Waals surface area contributed by atoms with Gasteiger partial charge in [0, 0.05) is 38.9 Å². The Balaban J connectivity index is 2.32. The number of alkyl carbamates (subject to hydrolysis) is 1. The number of hydrogen-bond acceptors (Lipinski definition) is 5. The average Bonchev–Trinajstić information content (AvgIpc) is 2.60. The van der Waals surface area contributed by atoms with Gasteiger partial charge in [-0.1, -0.05) is 0 Å². The molecule has 1 amide bonds. The number of pyridine rings is 1. The first-order valence-electron chi connectivity index (χ1n) is 9.04. The third-order valence-corrected chi connectivity index (χ3v) is 3.18. The minimum Gasteiger partial charge on any atom is -0.468 e. The maximum Gasteiger partial charge on any atom is 0.422 e. The summed E-state index contributed by atoms with van der Waals surface area (Å²) < 4.78 is 46.4. The smallest absolute Gasteiger partial charge is 0.422 e. The van der Waals surface area contributed by atoms with Gasteiger partial charge >= 0.3 is 12.3 Å². The van der Waals surface area contributed by atoms with E-state index in [0.29, 0.717) is 37.6 Å². The standard InChI is InChI=1S/C18H28F3N5O3/c1-17(2,3)29-16(27)25-8-5-7-24-15(22-4)26-11-13-6-9-23-14(10-13)28-12-18(19,20)21/h6,9-10H,5,7-8,11-12H2,1-4H3,(H,25,27)(H2,22,24,26). The van der Waals surface area contributed by atoms with Gasteiger partial charge in [0.15, 0.2) is 12.6 Å². The van der Waals surface area contributed by atoms with E-state index in [4.69, 9.17) is 4.74 Å². The number of alkyl halides is 3. The molecule has 0 aliphatic rings. The van der Waals surface area contributed by atoms with Crippen LogP contribution in [0.1, 0.15) is 32.8 Å². The van der Waals surface area contributed by atoms with Crippen LogP contribution in [0.2, 0.25) is 0 Å². The topological polar surface area (TPSA) is 96.9 Å². The molecule has 1 aromatic rings. The highest BCUT2D eigenvalue weighted by Gasteiger charge is 2.28. The van der Waals surface area contributed by atoms with Crippen LogP contribution in [0.5, 0.6) is 5.88 Å². The van der Waals surface area contributed by atoms with Crippen LogP contribution in [0.3, 0.4) is 0 Å². The zero-order valence-corrected chi connectivity index (χ0v) is 17.0. The fraction of sp³-hybridized carbons (Fsp3) is 0.611. The Morgan fingerprint density at radius 3 is 2.48 bits per heavy atom. The van der Waals surface area contributed by atoms with Crippen molar-refractivity contribution >= 4 is 12.1 Å². The first-order chi connectivity index (χ1) is 13.5.